The maximum atomic E-state index is 5.34. The quantitative estimate of drug-likeness (QED) is 0.700. The van der Waals surface area contributed by atoms with Crippen LogP contribution in [0, 0.1) is 5.92 Å². The van der Waals surface area contributed by atoms with Crippen molar-refractivity contribution in [2.75, 3.05) is 32.8 Å². The average molecular weight is 234 g/mol. The number of ether oxygens (including phenoxy) is 1. The first kappa shape index (κ1) is 12.6. The minimum absolute atomic E-state index is 0.726. The summed E-state index contributed by atoms with van der Waals surface area (Å²) in [7, 11) is 0. The summed E-state index contributed by atoms with van der Waals surface area (Å²) in [5.41, 5.74) is 1.34. The monoisotopic (exact) mass is 234 g/mol. The Morgan fingerprint density at radius 2 is 1.94 bits per heavy atom. The molecule has 0 amide bonds. The highest BCUT2D eigenvalue weighted by Gasteiger charge is 2.14. The van der Waals surface area contributed by atoms with E-state index in [0.29, 0.717) is 0 Å². The van der Waals surface area contributed by atoms with Crippen LogP contribution in [-0.2, 0) is 11.3 Å². The number of hydrogen-bond donors (Lipinski definition) is 2. The lowest BCUT2D eigenvalue weighted by Gasteiger charge is -2.10. The second-order valence-electron chi connectivity index (χ2n) is 4.60. The highest BCUT2D eigenvalue weighted by Crippen LogP contribution is 2.10. The van der Waals surface area contributed by atoms with E-state index in [-0.39, 0.29) is 0 Å². The lowest BCUT2D eigenvalue weighted by atomic mass is 10.1. The van der Waals surface area contributed by atoms with E-state index in [9.17, 15) is 0 Å². The molecule has 2 rings (SSSR count). The van der Waals surface area contributed by atoms with Gasteiger partial charge in [0.05, 0.1) is 6.61 Å². The van der Waals surface area contributed by atoms with Crippen molar-refractivity contribution in [2.24, 2.45) is 5.92 Å². The van der Waals surface area contributed by atoms with Crippen LogP contribution in [0.5, 0.6) is 0 Å². The number of benzene rings is 1. The zero-order valence-electron chi connectivity index (χ0n) is 10.3. The Morgan fingerprint density at radius 1 is 1.12 bits per heavy atom. The maximum absolute atomic E-state index is 5.34. The summed E-state index contributed by atoms with van der Waals surface area (Å²) in [4.78, 5) is 0. The van der Waals surface area contributed by atoms with Crippen LogP contribution in [0.15, 0.2) is 30.3 Å². The molecule has 1 aliphatic heterocycles. The third kappa shape index (κ3) is 4.86. The van der Waals surface area contributed by atoms with Gasteiger partial charge in [-0.1, -0.05) is 30.3 Å². The van der Waals surface area contributed by atoms with Crippen molar-refractivity contribution in [1.82, 2.24) is 10.6 Å². The molecule has 0 aromatic heterocycles. The molecule has 94 valence electrons. The minimum atomic E-state index is 0.726. The summed E-state index contributed by atoms with van der Waals surface area (Å²) in [6, 6.07) is 10.5. The van der Waals surface area contributed by atoms with Crippen molar-refractivity contribution in [1.29, 1.82) is 0 Å². The van der Waals surface area contributed by atoms with Gasteiger partial charge in [0.25, 0.3) is 0 Å². The Morgan fingerprint density at radius 3 is 2.71 bits per heavy atom. The van der Waals surface area contributed by atoms with Crippen LogP contribution in [0.3, 0.4) is 0 Å². The van der Waals surface area contributed by atoms with E-state index >= 15 is 0 Å². The van der Waals surface area contributed by atoms with Crippen LogP contribution < -0.4 is 10.6 Å². The minimum Gasteiger partial charge on any atom is -0.381 e. The standard InChI is InChI=1S/C14H22N2O/c1-2-4-13(5-3-1)10-15-7-8-16-11-14-6-9-17-12-14/h1-5,14-16H,6-12H2. The smallest absolute Gasteiger partial charge is 0.0507 e. The van der Waals surface area contributed by atoms with Crippen molar-refractivity contribution in [3.8, 4) is 0 Å². The molecule has 1 heterocycles. The molecular weight excluding hydrogens is 212 g/mol. The summed E-state index contributed by atoms with van der Waals surface area (Å²) >= 11 is 0. The van der Waals surface area contributed by atoms with E-state index in [2.05, 4.69) is 41.0 Å². The van der Waals surface area contributed by atoms with E-state index in [1.807, 2.05) is 0 Å². The van der Waals surface area contributed by atoms with Crippen LogP contribution in [0.4, 0.5) is 0 Å². The molecule has 0 aliphatic carbocycles. The molecule has 0 saturated carbocycles. The average Bonchev–Trinajstić information content (AvgIpc) is 2.88. The van der Waals surface area contributed by atoms with Gasteiger partial charge in [0, 0.05) is 32.8 Å². The fourth-order valence-electron chi connectivity index (χ4n) is 2.06. The van der Waals surface area contributed by atoms with Crippen LogP contribution in [0.2, 0.25) is 0 Å². The fraction of sp³-hybridized carbons (Fsp3) is 0.571. The van der Waals surface area contributed by atoms with Crippen molar-refractivity contribution < 1.29 is 4.74 Å². The molecule has 17 heavy (non-hydrogen) atoms. The predicted octanol–water partition coefficient (Wildman–Crippen LogP) is 1.40. The van der Waals surface area contributed by atoms with E-state index in [0.717, 1.165) is 45.3 Å². The second-order valence-corrected chi connectivity index (χ2v) is 4.60. The summed E-state index contributed by atoms with van der Waals surface area (Å²) in [6.07, 6.45) is 1.21. The Kier molecular flexibility index (Phi) is 5.49. The molecular formula is C14H22N2O. The molecule has 1 aromatic carbocycles. The van der Waals surface area contributed by atoms with Gasteiger partial charge in [0.15, 0.2) is 0 Å². The zero-order valence-corrected chi connectivity index (χ0v) is 10.3. The molecule has 1 atom stereocenters. The van der Waals surface area contributed by atoms with Crippen molar-refractivity contribution >= 4 is 0 Å². The van der Waals surface area contributed by atoms with Crippen molar-refractivity contribution in [2.45, 2.75) is 13.0 Å². The van der Waals surface area contributed by atoms with Gasteiger partial charge in [-0.15, -0.1) is 0 Å². The van der Waals surface area contributed by atoms with Crippen molar-refractivity contribution in [3.63, 3.8) is 0 Å². The highest BCUT2D eigenvalue weighted by atomic mass is 16.5. The molecule has 2 N–H and O–H groups in total. The largest absolute Gasteiger partial charge is 0.381 e. The van der Waals surface area contributed by atoms with Gasteiger partial charge in [-0.3, -0.25) is 0 Å². The van der Waals surface area contributed by atoms with Gasteiger partial charge in [-0.05, 0) is 17.9 Å². The van der Waals surface area contributed by atoms with Gasteiger partial charge in [0.2, 0.25) is 0 Å². The summed E-state index contributed by atoms with van der Waals surface area (Å²) < 4.78 is 5.34. The molecule has 1 aromatic rings. The van der Waals surface area contributed by atoms with Crippen LogP contribution in [-0.4, -0.2) is 32.8 Å². The summed E-state index contributed by atoms with van der Waals surface area (Å²) in [6.45, 7) is 5.97. The molecule has 3 nitrogen and oxygen atoms in total. The zero-order chi connectivity index (χ0) is 11.8. The predicted molar refractivity (Wildman–Crippen MR) is 69.9 cm³/mol. The maximum Gasteiger partial charge on any atom is 0.0507 e. The topological polar surface area (TPSA) is 33.3 Å². The van der Waals surface area contributed by atoms with Crippen molar-refractivity contribution in [3.05, 3.63) is 35.9 Å². The SMILES string of the molecule is c1ccc(CNCCNCC2CCOC2)cc1. The lowest BCUT2D eigenvalue weighted by Crippen LogP contribution is -2.30. The van der Waals surface area contributed by atoms with E-state index in [1.54, 1.807) is 0 Å². The molecule has 0 bridgehead atoms. The molecule has 1 aliphatic rings. The fourth-order valence-corrected chi connectivity index (χ4v) is 2.06. The first-order valence-electron chi connectivity index (χ1n) is 6.48. The Labute approximate surface area is 104 Å². The van der Waals surface area contributed by atoms with Crippen LogP contribution in [0.25, 0.3) is 0 Å². The van der Waals surface area contributed by atoms with Gasteiger partial charge in [0.1, 0.15) is 0 Å². The summed E-state index contributed by atoms with van der Waals surface area (Å²) in [5, 5.41) is 6.90. The lowest BCUT2D eigenvalue weighted by molar-refractivity contribution is 0.185. The molecule has 1 unspecified atom stereocenters. The molecule has 0 spiro atoms. The second kappa shape index (κ2) is 7.43. The van der Waals surface area contributed by atoms with Crippen LogP contribution >= 0.6 is 0 Å². The highest BCUT2D eigenvalue weighted by molar-refractivity contribution is 5.14. The van der Waals surface area contributed by atoms with E-state index < -0.39 is 0 Å². The first-order chi connectivity index (χ1) is 8.45. The number of rotatable bonds is 7. The first-order valence-corrected chi connectivity index (χ1v) is 6.48. The molecule has 0 radical (unpaired) electrons. The van der Waals surface area contributed by atoms with Gasteiger partial charge < -0.3 is 15.4 Å². The molecule has 1 saturated heterocycles. The molecule has 1 fully saturated rings. The Balaban J connectivity index is 1.46. The normalized spacial score (nSPS) is 19.6. The van der Waals surface area contributed by atoms with Gasteiger partial charge in [-0.25, -0.2) is 0 Å². The van der Waals surface area contributed by atoms with Gasteiger partial charge >= 0.3 is 0 Å². The third-order valence-electron chi connectivity index (χ3n) is 3.11. The van der Waals surface area contributed by atoms with E-state index in [4.69, 9.17) is 4.74 Å². The summed E-state index contributed by atoms with van der Waals surface area (Å²) in [5.74, 6) is 0.726. The Bertz CT molecular complexity index is 296. The number of nitrogens with one attached hydrogen (secondary N) is 2. The number of hydrogen-bond acceptors (Lipinski definition) is 3. The Hall–Kier alpha value is -0.900. The molecule has 3 heteroatoms. The van der Waals surface area contributed by atoms with Gasteiger partial charge in [-0.2, -0.15) is 0 Å². The third-order valence-corrected chi connectivity index (χ3v) is 3.11. The van der Waals surface area contributed by atoms with Crippen LogP contribution in [0.1, 0.15) is 12.0 Å². The van der Waals surface area contributed by atoms with E-state index in [1.165, 1.54) is 12.0 Å².